The molecule has 0 saturated carbocycles. The largest absolute Gasteiger partial charge is 0.468 e. The van der Waals surface area contributed by atoms with Crippen LogP contribution in [0, 0.1) is 6.92 Å². The molecule has 17 heavy (non-hydrogen) atoms. The van der Waals surface area contributed by atoms with Crippen molar-refractivity contribution >= 4 is 28.5 Å². The van der Waals surface area contributed by atoms with Gasteiger partial charge >= 0.3 is 0 Å². The summed E-state index contributed by atoms with van der Waals surface area (Å²) in [6.45, 7) is 1.93. The van der Waals surface area contributed by atoms with Crippen LogP contribution in [0.5, 0.6) is 0 Å². The third-order valence-corrected chi connectivity index (χ3v) is 3.53. The topological polar surface area (TPSA) is 67.8 Å². The minimum atomic E-state index is 0.734. The van der Waals surface area contributed by atoms with Crippen molar-refractivity contribution in [1.29, 1.82) is 0 Å². The number of hydrogen-bond donors (Lipinski definition) is 2. The minimum Gasteiger partial charge on any atom is -0.468 e. The molecule has 3 rings (SSSR count). The molecule has 0 saturated heterocycles. The second-order valence-corrected chi connectivity index (χ2v) is 4.79. The number of anilines is 1. The number of furan rings is 1. The van der Waals surface area contributed by atoms with E-state index in [1.807, 2.05) is 31.2 Å². The molecule has 0 spiro atoms. The number of fused-ring (bicyclic) bond motifs is 1. The second kappa shape index (κ2) is 3.85. The van der Waals surface area contributed by atoms with E-state index in [9.17, 15) is 0 Å². The van der Waals surface area contributed by atoms with Crippen molar-refractivity contribution in [2.75, 3.05) is 5.73 Å². The van der Waals surface area contributed by atoms with Crippen molar-refractivity contribution in [2.24, 2.45) is 0 Å². The molecule has 5 heteroatoms. The first kappa shape index (κ1) is 10.3. The first-order chi connectivity index (χ1) is 8.22. The van der Waals surface area contributed by atoms with Crippen LogP contribution in [0.15, 0.2) is 45.0 Å². The Morgan fingerprint density at radius 2 is 2.24 bits per heavy atom. The molecule has 1 aromatic carbocycles. The van der Waals surface area contributed by atoms with Crippen LogP contribution >= 0.6 is 11.8 Å². The zero-order valence-electron chi connectivity index (χ0n) is 9.23. The normalized spacial score (nSPS) is 11.1. The molecule has 0 aliphatic heterocycles. The average Bonchev–Trinajstić information content (AvgIpc) is 2.85. The Labute approximate surface area is 102 Å². The Bertz CT molecular complexity index is 671. The molecule has 3 N–H and O–H groups in total. The standard InChI is InChI=1S/C12H11N3OS/c1-7-11(4-5-16-7)17-12-14-9-3-2-8(13)6-10(9)15-12/h2-6H,13H2,1H3,(H,14,15). The lowest BCUT2D eigenvalue weighted by molar-refractivity contribution is 0.527. The van der Waals surface area contributed by atoms with Crippen LogP contribution in [-0.4, -0.2) is 9.97 Å². The summed E-state index contributed by atoms with van der Waals surface area (Å²) >= 11 is 1.55. The van der Waals surface area contributed by atoms with Crippen molar-refractivity contribution in [1.82, 2.24) is 9.97 Å². The lowest BCUT2D eigenvalue weighted by atomic mass is 10.3. The Kier molecular flexibility index (Phi) is 2.33. The van der Waals surface area contributed by atoms with Crippen molar-refractivity contribution < 1.29 is 4.42 Å². The number of nitrogen functional groups attached to an aromatic ring is 1. The van der Waals surface area contributed by atoms with Crippen molar-refractivity contribution in [2.45, 2.75) is 17.0 Å². The molecular weight excluding hydrogens is 234 g/mol. The molecule has 0 unspecified atom stereocenters. The highest BCUT2D eigenvalue weighted by molar-refractivity contribution is 7.99. The summed E-state index contributed by atoms with van der Waals surface area (Å²) in [4.78, 5) is 8.78. The van der Waals surface area contributed by atoms with E-state index in [0.29, 0.717) is 0 Å². The zero-order chi connectivity index (χ0) is 11.8. The van der Waals surface area contributed by atoms with Gasteiger partial charge in [-0.15, -0.1) is 0 Å². The highest BCUT2D eigenvalue weighted by Gasteiger charge is 2.08. The van der Waals surface area contributed by atoms with Crippen LogP contribution in [0.2, 0.25) is 0 Å². The van der Waals surface area contributed by atoms with E-state index < -0.39 is 0 Å². The molecule has 0 bridgehead atoms. The fourth-order valence-electron chi connectivity index (χ4n) is 1.64. The zero-order valence-corrected chi connectivity index (χ0v) is 10.0. The number of hydrogen-bond acceptors (Lipinski definition) is 4. The highest BCUT2D eigenvalue weighted by atomic mass is 32.2. The number of nitrogens with two attached hydrogens (primary N) is 1. The summed E-state index contributed by atoms with van der Waals surface area (Å²) in [6.07, 6.45) is 1.68. The number of aromatic nitrogens is 2. The van der Waals surface area contributed by atoms with Crippen LogP contribution < -0.4 is 5.73 Å². The summed E-state index contributed by atoms with van der Waals surface area (Å²) in [5.41, 5.74) is 8.33. The van der Waals surface area contributed by atoms with Crippen LogP contribution in [0.3, 0.4) is 0 Å². The molecule has 2 aromatic heterocycles. The van der Waals surface area contributed by atoms with Gasteiger partial charge in [0.05, 0.1) is 22.2 Å². The molecular formula is C12H11N3OS. The summed E-state index contributed by atoms with van der Waals surface area (Å²) < 4.78 is 5.25. The first-order valence-corrected chi connectivity index (χ1v) is 6.01. The van der Waals surface area contributed by atoms with Crippen molar-refractivity contribution in [3.05, 3.63) is 36.3 Å². The predicted molar refractivity (Wildman–Crippen MR) is 68.1 cm³/mol. The van der Waals surface area contributed by atoms with E-state index in [4.69, 9.17) is 10.2 Å². The molecule has 0 fully saturated rings. The third-order valence-electron chi connectivity index (χ3n) is 2.50. The minimum absolute atomic E-state index is 0.734. The quantitative estimate of drug-likeness (QED) is 0.680. The maximum atomic E-state index is 5.72. The second-order valence-electron chi connectivity index (χ2n) is 3.76. The van der Waals surface area contributed by atoms with Crippen molar-refractivity contribution in [3.8, 4) is 0 Å². The van der Waals surface area contributed by atoms with Gasteiger partial charge in [0.2, 0.25) is 0 Å². The van der Waals surface area contributed by atoms with Crippen LogP contribution in [0.25, 0.3) is 11.0 Å². The number of nitrogens with zero attached hydrogens (tertiary/aromatic N) is 1. The van der Waals surface area contributed by atoms with Gasteiger partial charge in [0, 0.05) is 5.69 Å². The predicted octanol–water partition coefficient (Wildman–Crippen LogP) is 3.20. The van der Waals surface area contributed by atoms with Gasteiger partial charge in [-0.05, 0) is 43.0 Å². The molecule has 0 aliphatic rings. The molecule has 3 aromatic rings. The lowest BCUT2D eigenvalue weighted by Crippen LogP contribution is -1.82. The van der Waals surface area contributed by atoms with Gasteiger partial charge in [-0.3, -0.25) is 0 Å². The molecule has 0 aliphatic carbocycles. The number of H-pyrrole nitrogens is 1. The van der Waals surface area contributed by atoms with E-state index in [1.54, 1.807) is 18.0 Å². The number of aryl methyl sites for hydroxylation is 1. The van der Waals surface area contributed by atoms with Gasteiger partial charge < -0.3 is 15.1 Å². The molecule has 0 radical (unpaired) electrons. The van der Waals surface area contributed by atoms with Gasteiger partial charge in [-0.2, -0.15) is 0 Å². The molecule has 86 valence electrons. The van der Waals surface area contributed by atoms with Gasteiger partial charge in [0.15, 0.2) is 5.16 Å². The molecule has 2 heterocycles. The van der Waals surface area contributed by atoms with E-state index in [2.05, 4.69) is 9.97 Å². The Morgan fingerprint density at radius 1 is 1.35 bits per heavy atom. The summed E-state index contributed by atoms with van der Waals surface area (Å²) in [5.74, 6) is 0.898. The summed E-state index contributed by atoms with van der Waals surface area (Å²) in [6, 6.07) is 7.57. The van der Waals surface area contributed by atoms with Gasteiger partial charge in [0.1, 0.15) is 5.76 Å². The van der Waals surface area contributed by atoms with Crippen LogP contribution in [0.1, 0.15) is 5.76 Å². The third kappa shape index (κ3) is 1.89. The van der Waals surface area contributed by atoms with Crippen LogP contribution in [0.4, 0.5) is 5.69 Å². The number of aromatic amines is 1. The monoisotopic (exact) mass is 245 g/mol. The molecule has 4 nitrogen and oxygen atoms in total. The van der Waals surface area contributed by atoms with Crippen molar-refractivity contribution in [3.63, 3.8) is 0 Å². The summed E-state index contributed by atoms with van der Waals surface area (Å²) in [5, 5.41) is 0.843. The fraction of sp³-hybridized carbons (Fsp3) is 0.0833. The van der Waals surface area contributed by atoms with Gasteiger partial charge in [-0.25, -0.2) is 4.98 Å². The number of imidazole rings is 1. The smallest absolute Gasteiger partial charge is 0.171 e. The molecule has 0 atom stereocenters. The van der Waals surface area contributed by atoms with Gasteiger partial charge in [-0.1, -0.05) is 0 Å². The lowest BCUT2D eigenvalue weighted by Gasteiger charge is -1.93. The van der Waals surface area contributed by atoms with E-state index >= 15 is 0 Å². The Balaban J connectivity index is 1.99. The number of rotatable bonds is 2. The van der Waals surface area contributed by atoms with Crippen LogP contribution in [-0.2, 0) is 0 Å². The summed E-state index contributed by atoms with van der Waals surface area (Å²) in [7, 11) is 0. The maximum absolute atomic E-state index is 5.72. The maximum Gasteiger partial charge on any atom is 0.171 e. The highest BCUT2D eigenvalue weighted by Crippen LogP contribution is 2.30. The van der Waals surface area contributed by atoms with E-state index in [0.717, 1.165) is 32.5 Å². The van der Waals surface area contributed by atoms with E-state index in [1.165, 1.54) is 0 Å². The SMILES string of the molecule is Cc1occc1Sc1nc2ccc(N)cc2[nH]1. The Hall–Kier alpha value is -1.88. The van der Waals surface area contributed by atoms with E-state index in [-0.39, 0.29) is 0 Å². The number of nitrogens with one attached hydrogen (secondary N) is 1. The Morgan fingerprint density at radius 3 is 3.00 bits per heavy atom. The average molecular weight is 245 g/mol. The fourth-order valence-corrected chi connectivity index (χ4v) is 2.46. The number of benzene rings is 1. The first-order valence-electron chi connectivity index (χ1n) is 5.19. The van der Waals surface area contributed by atoms with Gasteiger partial charge in [0.25, 0.3) is 0 Å². The molecule has 0 amide bonds.